The summed E-state index contributed by atoms with van der Waals surface area (Å²) in [5, 5.41) is 14.4. The van der Waals surface area contributed by atoms with Gasteiger partial charge in [-0.3, -0.25) is 10.1 Å². The van der Waals surface area contributed by atoms with E-state index in [9.17, 15) is 10.1 Å². The van der Waals surface area contributed by atoms with E-state index >= 15 is 0 Å². The second kappa shape index (κ2) is 4.87. The molecule has 0 bridgehead atoms. The molecule has 1 fully saturated rings. The van der Waals surface area contributed by atoms with Crippen molar-refractivity contribution in [2.24, 2.45) is 0 Å². The SMILES string of the molecule is O=[N+]([O-])c1cnc2ccoc2c1NC1CCCCC1. The van der Waals surface area contributed by atoms with E-state index < -0.39 is 4.92 Å². The maximum absolute atomic E-state index is 11.1. The van der Waals surface area contributed by atoms with Gasteiger partial charge in [0.2, 0.25) is 0 Å². The number of nitro groups is 1. The van der Waals surface area contributed by atoms with Gasteiger partial charge in [0.15, 0.2) is 11.3 Å². The number of nitrogens with one attached hydrogen (secondary N) is 1. The zero-order valence-electron chi connectivity index (χ0n) is 10.5. The Labute approximate surface area is 110 Å². The van der Waals surface area contributed by atoms with Crippen LogP contribution in [0.3, 0.4) is 0 Å². The number of aromatic nitrogens is 1. The van der Waals surface area contributed by atoms with Crippen molar-refractivity contribution in [1.29, 1.82) is 0 Å². The summed E-state index contributed by atoms with van der Waals surface area (Å²) in [4.78, 5) is 14.7. The summed E-state index contributed by atoms with van der Waals surface area (Å²) in [7, 11) is 0. The van der Waals surface area contributed by atoms with Crippen LogP contribution in [0.1, 0.15) is 32.1 Å². The number of nitrogens with zero attached hydrogens (tertiary/aromatic N) is 2. The van der Waals surface area contributed by atoms with Crippen molar-refractivity contribution in [3.63, 3.8) is 0 Å². The van der Waals surface area contributed by atoms with Crippen LogP contribution in [0.5, 0.6) is 0 Å². The summed E-state index contributed by atoms with van der Waals surface area (Å²) in [5.41, 5.74) is 1.56. The van der Waals surface area contributed by atoms with Gasteiger partial charge in [0.1, 0.15) is 11.7 Å². The van der Waals surface area contributed by atoms with Gasteiger partial charge in [-0.25, -0.2) is 4.98 Å². The Morgan fingerprint density at radius 2 is 2.16 bits per heavy atom. The Kier molecular flexibility index (Phi) is 3.06. The maximum atomic E-state index is 11.1. The number of fused-ring (bicyclic) bond motifs is 1. The molecule has 1 saturated carbocycles. The highest BCUT2D eigenvalue weighted by molar-refractivity contribution is 5.91. The Morgan fingerprint density at radius 3 is 2.89 bits per heavy atom. The first-order chi connectivity index (χ1) is 9.25. The minimum Gasteiger partial charge on any atom is -0.460 e. The Bertz CT molecular complexity index is 602. The van der Waals surface area contributed by atoms with Gasteiger partial charge in [-0.15, -0.1) is 0 Å². The van der Waals surface area contributed by atoms with Crippen molar-refractivity contribution < 1.29 is 9.34 Å². The fourth-order valence-corrected chi connectivity index (χ4v) is 2.63. The molecule has 0 aliphatic heterocycles. The molecule has 0 radical (unpaired) electrons. The number of hydrogen-bond acceptors (Lipinski definition) is 5. The Morgan fingerprint density at radius 1 is 1.37 bits per heavy atom. The first-order valence-corrected chi connectivity index (χ1v) is 6.53. The summed E-state index contributed by atoms with van der Waals surface area (Å²) in [6.45, 7) is 0. The number of rotatable bonds is 3. The third-order valence-corrected chi connectivity index (χ3v) is 3.60. The molecule has 2 aromatic rings. The Hall–Kier alpha value is -2.11. The lowest BCUT2D eigenvalue weighted by Crippen LogP contribution is -2.22. The van der Waals surface area contributed by atoms with Crippen LogP contribution in [0.2, 0.25) is 0 Å². The first-order valence-electron chi connectivity index (χ1n) is 6.53. The van der Waals surface area contributed by atoms with Crippen molar-refractivity contribution in [1.82, 2.24) is 4.98 Å². The van der Waals surface area contributed by atoms with Crippen LogP contribution in [-0.4, -0.2) is 15.9 Å². The average Bonchev–Trinajstić information content (AvgIpc) is 2.88. The molecule has 1 aliphatic carbocycles. The molecule has 2 aromatic heterocycles. The molecular weight excluding hydrogens is 246 g/mol. The Balaban J connectivity index is 2.00. The predicted octanol–water partition coefficient (Wildman–Crippen LogP) is 3.48. The van der Waals surface area contributed by atoms with Crippen molar-refractivity contribution in [2.75, 3.05) is 5.32 Å². The third kappa shape index (κ3) is 2.25. The lowest BCUT2D eigenvalue weighted by atomic mass is 9.95. The van der Waals surface area contributed by atoms with Gasteiger partial charge in [-0.05, 0) is 12.8 Å². The first kappa shape index (κ1) is 12.0. The second-order valence-corrected chi connectivity index (χ2v) is 4.89. The standard InChI is InChI=1S/C13H15N3O3/c17-16(18)11-8-14-10-6-7-19-13(10)12(11)15-9-4-2-1-3-5-9/h6-9H,1-5H2,(H,14,15). The zero-order valence-corrected chi connectivity index (χ0v) is 10.5. The van der Waals surface area contributed by atoms with E-state index in [1.165, 1.54) is 18.9 Å². The zero-order chi connectivity index (χ0) is 13.2. The molecule has 0 unspecified atom stereocenters. The summed E-state index contributed by atoms with van der Waals surface area (Å²) in [6, 6.07) is 1.99. The molecule has 100 valence electrons. The lowest BCUT2D eigenvalue weighted by molar-refractivity contribution is -0.384. The molecule has 19 heavy (non-hydrogen) atoms. The van der Waals surface area contributed by atoms with Crippen molar-refractivity contribution in [3.8, 4) is 0 Å². The molecule has 0 saturated heterocycles. The van der Waals surface area contributed by atoms with Crippen molar-refractivity contribution in [3.05, 3.63) is 28.6 Å². The van der Waals surface area contributed by atoms with Gasteiger partial charge in [0.25, 0.3) is 0 Å². The number of pyridine rings is 1. The molecule has 6 heteroatoms. The van der Waals surface area contributed by atoms with E-state index in [0.717, 1.165) is 25.7 Å². The van der Waals surface area contributed by atoms with Gasteiger partial charge in [0, 0.05) is 12.1 Å². The van der Waals surface area contributed by atoms with E-state index in [4.69, 9.17) is 4.42 Å². The summed E-state index contributed by atoms with van der Waals surface area (Å²) < 4.78 is 5.35. The topological polar surface area (TPSA) is 81.2 Å². The summed E-state index contributed by atoms with van der Waals surface area (Å²) in [5.74, 6) is 0. The molecule has 0 amide bonds. The van der Waals surface area contributed by atoms with Gasteiger partial charge in [-0.1, -0.05) is 19.3 Å². The molecule has 0 aromatic carbocycles. The average molecular weight is 261 g/mol. The van der Waals surface area contributed by atoms with E-state index in [1.54, 1.807) is 6.07 Å². The highest BCUT2D eigenvalue weighted by Gasteiger charge is 2.23. The van der Waals surface area contributed by atoms with Crippen LogP contribution >= 0.6 is 0 Å². The second-order valence-electron chi connectivity index (χ2n) is 4.89. The normalized spacial score (nSPS) is 16.6. The fourth-order valence-electron chi connectivity index (χ4n) is 2.63. The largest absolute Gasteiger partial charge is 0.460 e. The monoisotopic (exact) mass is 261 g/mol. The van der Waals surface area contributed by atoms with Crippen LogP contribution in [0, 0.1) is 10.1 Å². The van der Waals surface area contributed by atoms with E-state index in [-0.39, 0.29) is 11.7 Å². The molecular formula is C13H15N3O3. The highest BCUT2D eigenvalue weighted by atomic mass is 16.6. The molecule has 1 N–H and O–H groups in total. The predicted molar refractivity (Wildman–Crippen MR) is 71.2 cm³/mol. The van der Waals surface area contributed by atoms with Crippen molar-refractivity contribution >= 4 is 22.5 Å². The van der Waals surface area contributed by atoms with E-state index in [2.05, 4.69) is 10.3 Å². The quantitative estimate of drug-likeness (QED) is 0.675. The van der Waals surface area contributed by atoms with E-state index in [0.29, 0.717) is 16.8 Å². The molecule has 0 spiro atoms. The molecule has 0 atom stereocenters. The molecule has 2 heterocycles. The minimum atomic E-state index is -0.417. The van der Waals surface area contributed by atoms with Crippen LogP contribution in [0.4, 0.5) is 11.4 Å². The van der Waals surface area contributed by atoms with Crippen LogP contribution in [0.15, 0.2) is 22.9 Å². The summed E-state index contributed by atoms with van der Waals surface area (Å²) >= 11 is 0. The number of furan rings is 1. The van der Waals surface area contributed by atoms with Gasteiger partial charge >= 0.3 is 5.69 Å². The van der Waals surface area contributed by atoms with Crippen LogP contribution in [0.25, 0.3) is 11.1 Å². The number of hydrogen-bond donors (Lipinski definition) is 1. The molecule has 1 aliphatic rings. The molecule has 3 rings (SSSR count). The van der Waals surface area contributed by atoms with Crippen LogP contribution < -0.4 is 5.32 Å². The lowest BCUT2D eigenvalue weighted by Gasteiger charge is -2.23. The maximum Gasteiger partial charge on any atom is 0.314 e. The van der Waals surface area contributed by atoms with Crippen molar-refractivity contribution in [2.45, 2.75) is 38.1 Å². The molecule has 6 nitrogen and oxygen atoms in total. The smallest absolute Gasteiger partial charge is 0.314 e. The highest BCUT2D eigenvalue weighted by Crippen LogP contribution is 2.34. The van der Waals surface area contributed by atoms with Gasteiger partial charge in [0.05, 0.1) is 11.2 Å². The minimum absolute atomic E-state index is 0.0203. The number of anilines is 1. The van der Waals surface area contributed by atoms with Gasteiger partial charge in [-0.2, -0.15) is 0 Å². The van der Waals surface area contributed by atoms with Crippen LogP contribution in [-0.2, 0) is 0 Å². The van der Waals surface area contributed by atoms with E-state index in [1.807, 2.05) is 0 Å². The summed E-state index contributed by atoms with van der Waals surface area (Å²) in [6.07, 6.45) is 8.46. The van der Waals surface area contributed by atoms with Gasteiger partial charge < -0.3 is 9.73 Å². The fraction of sp³-hybridized carbons (Fsp3) is 0.462. The third-order valence-electron chi connectivity index (χ3n) is 3.60.